The van der Waals surface area contributed by atoms with Crippen molar-refractivity contribution in [3.05, 3.63) is 35.9 Å². The minimum atomic E-state index is -0.0284. The van der Waals surface area contributed by atoms with Crippen LogP contribution in [0.25, 0.3) is 5.57 Å². The van der Waals surface area contributed by atoms with Gasteiger partial charge in [0.05, 0.1) is 7.11 Å². The molecule has 0 amide bonds. The highest BCUT2D eigenvalue weighted by molar-refractivity contribution is 5.75. The molecule has 0 saturated carbocycles. The Bertz CT molecular complexity index is 407. The summed E-state index contributed by atoms with van der Waals surface area (Å²) >= 11 is 0. The first-order chi connectivity index (χ1) is 7.04. The number of hydrogen-bond acceptors (Lipinski definition) is 2. The largest absolute Gasteiger partial charge is 0.497 e. The van der Waals surface area contributed by atoms with Gasteiger partial charge in [-0.05, 0) is 42.7 Å². The molecule has 1 N–H and O–H groups in total. The minimum absolute atomic E-state index is 0.0284. The first kappa shape index (κ1) is 10.2. The van der Waals surface area contributed by atoms with E-state index in [-0.39, 0.29) is 5.54 Å². The van der Waals surface area contributed by atoms with Gasteiger partial charge in [0, 0.05) is 12.1 Å². The van der Waals surface area contributed by atoms with Gasteiger partial charge in [0.2, 0.25) is 0 Å². The van der Waals surface area contributed by atoms with Gasteiger partial charge in [0.1, 0.15) is 5.75 Å². The number of benzene rings is 1. The van der Waals surface area contributed by atoms with Crippen LogP contribution in [0.5, 0.6) is 5.75 Å². The molecule has 80 valence electrons. The van der Waals surface area contributed by atoms with Gasteiger partial charge in [0.25, 0.3) is 0 Å². The molecular weight excluding hydrogens is 186 g/mol. The molecule has 0 aromatic heterocycles. The summed E-state index contributed by atoms with van der Waals surface area (Å²) in [6, 6.07) is 6.16. The molecule has 1 aliphatic rings. The molecule has 2 nitrogen and oxygen atoms in total. The summed E-state index contributed by atoms with van der Waals surface area (Å²) in [4.78, 5) is 0. The van der Waals surface area contributed by atoms with E-state index >= 15 is 0 Å². The van der Waals surface area contributed by atoms with Gasteiger partial charge in [-0.15, -0.1) is 0 Å². The minimum Gasteiger partial charge on any atom is -0.497 e. The van der Waals surface area contributed by atoms with Gasteiger partial charge < -0.3 is 10.1 Å². The summed E-state index contributed by atoms with van der Waals surface area (Å²) in [5.74, 6) is 0.896. The second kappa shape index (κ2) is 3.38. The number of nitrogens with one attached hydrogen (secondary N) is 1. The van der Waals surface area contributed by atoms with Crippen molar-refractivity contribution in [1.82, 2.24) is 5.32 Å². The van der Waals surface area contributed by atoms with Crippen LogP contribution in [0.4, 0.5) is 0 Å². The van der Waals surface area contributed by atoms with Crippen molar-refractivity contribution in [2.45, 2.75) is 25.9 Å². The second-order valence-corrected chi connectivity index (χ2v) is 4.48. The van der Waals surface area contributed by atoms with Crippen molar-refractivity contribution in [3.8, 4) is 5.75 Å². The van der Waals surface area contributed by atoms with Crippen LogP contribution in [0, 0.1) is 0 Å². The molecule has 1 aromatic rings. The molecule has 0 radical (unpaired) electrons. The zero-order chi connectivity index (χ0) is 11.1. The Kier molecular flexibility index (Phi) is 2.31. The smallest absolute Gasteiger partial charge is 0.119 e. The first-order valence-electron chi connectivity index (χ1n) is 5.16. The van der Waals surface area contributed by atoms with Crippen LogP contribution < -0.4 is 10.1 Å². The van der Waals surface area contributed by atoms with E-state index in [1.165, 1.54) is 11.1 Å². The highest BCUT2D eigenvalue weighted by atomic mass is 16.5. The molecule has 1 aliphatic heterocycles. The quantitative estimate of drug-likeness (QED) is 0.757. The van der Waals surface area contributed by atoms with Gasteiger partial charge in [-0.3, -0.25) is 0 Å². The molecule has 0 atom stereocenters. The molecule has 1 heterocycles. The molecule has 2 rings (SSSR count). The fourth-order valence-electron chi connectivity index (χ4n) is 1.88. The van der Waals surface area contributed by atoms with Crippen molar-refractivity contribution in [1.29, 1.82) is 0 Å². The predicted octanol–water partition coefficient (Wildman–Crippen LogP) is 2.59. The van der Waals surface area contributed by atoms with Crippen LogP contribution in [0.15, 0.2) is 24.8 Å². The van der Waals surface area contributed by atoms with Crippen molar-refractivity contribution >= 4 is 5.57 Å². The summed E-state index contributed by atoms with van der Waals surface area (Å²) in [5.41, 5.74) is 3.61. The Morgan fingerprint density at radius 1 is 1.40 bits per heavy atom. The fraction of sp³-hybridized carbons (Fsp3) is 0.385. The summed E-state index contributed by atoms with van der Waals surface area (Å²) in [7, 11) is 1.69. The second-order valence-electron chi connectivity index (χ2n) is 4.48. The lowest BCUT2D eigenvalue weighted by Gasteiger charge is -2.35. The third-order valence-corrected chi connectivity index (χ3v) is 3.12. The van der Waals surface area contributed by atoms with E-state index in [0.717, 1.165) is 17.9 Å². The van der Waals surface area contributed by atoms with Gasteiger partial charge in [-0.1, -0.05) is 12.6 Å². The van der Waals surface area contributed by atoms with Crippen LogP contribution in [0.2, 0.25) is 0 Å². The molecule has 0 saturated heterocycles. The van der Waals surface area contributed by atoms with Crippen molar-refractivity contribution in [3.63, 3.8) is 0 Å². The maximum absolute atomic E-state index is 5.24. The van der Waals surface area contributed by atoms with Crippen LogP contribution in [-0.4, -0.2) is 12.6 Å². The Hall–Kier alpha value is -1.28. The van der Waals surface area contributed by atoms with Gasteiger partial charge in [0.15, 0.2) is 0 Å². The van der Waals surface area contributed by atoms with E-state index < -0.39 is 0 Å². The summed E-state index contributed by atoms with van der Waals surface area (Å²) in [6.45, 7) is 9.36. The number of fused-ring (bicyclic) bond motifs is 1. The Labute approximate surface area is 91.0 Å². The maximum atomic E-state index is 5.24. The van der Waals surface area contributed by atoms with E-state index in [9.17, 15) is 0 Å². The average Bonchev–Trinajstić information content (AvgIpc) is 2.24. The van der Waals surface area contributed by atoms with Gasteiger partial charge in [-0.2, -0.15) is 0 Å². The first-order valence-corrected chi connectivity index (χ1v) is 5.16. The number of ether oxygens (including phenoxy) is 1. The lowest BCUT2D eigenvalue weighted by molar-refractivity contribution is 0.413. The zero-order valence-electron chi connectivity index (χ0n) is 9.55. The summed E-state index contributed by atoms with van der Waals surface area (Å²) < 4.78 is 5.24. The number of methoxy groups -OCH3 is 1. The van der Waals surface area contributed by atoms with Crippen molar-refractivity contribution in [2.75, 3.05) is 7.11 Å². The Morgan fingerprint density at radius 2 is 2.13 bits per heavy atom. The normalized spacial score (nSPS) is 18.5. The average molecular weight is 203 g/mol. The lowest BCUT2D eigenvalue weighted by atomic mass is 9.83. The predicted molar refractivity (Wildman–Crippen MR) is 62.9 cm³/mol. The molecule has 0 unspecified atom stereocenters. The van der Waals surface area contributed by atoms with E-state index in [2.05, 4.69) is 37.9 Å². The molecule has 2 heteroatoms. The molecule has 0 spiro atoms. The maximum Gasteiger partial charge on any atom is 0.119 e. The fourth-order valence-corrected chi connectivity index (χ4v) is 1.88. The molecule has 0 aliphatic carbocycles. The molecular formula is C13H17NO. The molecule has 0 bridgehead atoms. The van der Waals surface area contributed by atoms with Gasteiger partial charge in [-0.25, -0.2) is 0 Å². The van der Waals surface area contributed by atoms with Crippen LogP contribution >= 0.6 is 0 Å². The third kappa shape index (κ3) is 1.65. The van der Waals surface area contributed by atoms with E-state index in [4.69, 9.17) is 4.74 Å². The zero-order valence-corrected chi connectivity index (χ0v) is 9.55. The van der Waals surface area contributed by atoms with Gasteiger partial charge >= 0.3 is 0 Å². The highest BCUT2D eigenvalue weighted by Gasteiger charge is 2.28. The molecule has 1 aromatic carbocycles. The van der Waals surface area contributed by atoms with Crippen LogP contribution in [-0.2, 0) is 6.54 Å². The highest BCUT2D eigenvalue weighted by Crippen LogP contribution is 2.34. The van der Waals surface area contributed by atoms with E-state index in [1.807, 2.05) is 6.07 Å². The standard InChI is InChI=1S/C13H17NO/c1-9-12-7-11(15-4)6-5-10(12)8-14-13(9,2)3/h5-7,14H,1,8H2,2-4H3. The van der Waals surface area contributed by atoms with Crippen LogP contribution in [0.3, 0.4) is 0 Å². The van der Waals surface area contributed by atoms with E-state index in [1.54, 1.807) is 7.11 Å². The topological polar surface area (TPSA) is 21.3 Å². The van der Waals surface area contributed by atoms with Crippen molar-refractivity contribution < 1.29 is 4.74 Å². The Morgan fingerprint density at radius 3 is 2.80 bits per heavy atom. The molecule has 15 heavy (non-hydrogen) atoms. The summed E-state index contributed by atoms with van der Waals surface area (Å²) in [6.07, 6.45) is 0. The van der Waals surface area contributed by atoms with E-state index in [0.29, 0.717) is 0 Å². The lowest BCUT2D eigenvalue weighted by Crippen LogP contribution is -2.43. The number of rotatable bonds is 1. The Balaban J connectivity index is 2.49. The monoisotopic (exact) mass is 203 g/mol. The SMILES string of the molecule is C=C1c2cc(OC)ccc2CNC1(C)C. The molecule has 0 fully saturated rings. The summed E-state index contributed by atoms with van der Waals surface area (Å²) in [5, 5.41) is 3.46. The van der Waals surface area contributed by atoms with Crippen LogP contribution in [0.1, 0.15) is 25.0 Å². The number of hydrogen-bond donors (Lipinski definition) is 1. The van der Waals surface area contributed by atoms with Crippen molar-refractivity contribution in [2.24, 2.45) is 0 Å². The third-order valence-electron chi connectivity index (χ3n) is 3.12.